The normalized spacial score (nSPS) is 19.4. The summed E-state index contributed by atoms with van der Waals surface area (Å²) in [6.07, 6.45) is 7.61. The first kappa shape index (κ1) is 20.4. The molecule has 0 unspecified atom stereocenters. The monoisotopic (exact) mass is 386 g/mol. The molecule has 0 atom stereocenters. The van der Waals surface area contributed by atoms with E-state index in [4.69, 9.17) is 10.00 Å². The van der Waals surface area contributed by atoms with Gasteiger partial charge in [0.15, 0.2) is 0 Å². The number of carbonyl (C=O) groups is 1. The van der Waals surface area contributed by atoms with E-state index in [2.05, 4.69) is 31.9 Å². The number of morpholine rings is 1. The van der Waals surface area contributed by atoms with Crippen LogP contribution in [0.5, 0.6) is 0 Å². The zero-order valence-corrected chi connectivity index (χ0v) is 16.4. The van der Waals surface area contributed by atoms with E-state index in [1.165, 1.54) is 19.3 Å². The van der Waals surface area contributed by atoms with Gasteiger partial charge in [-0.25, -0.2) is 9.78 Å². The van der Waals surface area contributed by atoms with Crippen molar-refractivity contribution in [2.45, 2.75) is 37.6 Å². The largest absolute Gasteiger partial charge is 0.379 e. The van der Waals surface area contributed by atoms with Crippen molar-refractivity contribution in [1.29, 1.82) is 5.26 Å². The Hall–Kier alpha value is -2.37. The quantitative estimate of drug-likeness (QED) is 0.617. The van der Waals surface area contributed by atoms with Gasteiger partial charge in [0.25, 0.3) is 0 Å². The van der Waals surface area contributed by atoms with Gasteiger partial charge in [0.2, 0.25) is 0 Å². The number of nitriles is 1. The topological polar surface area (TPSA) is 102 Å². The maximum Gasteiger partial charge on any atom is 0.314 e. The molecule has 3 N–H and O–H groups in total. The Bertz CT molecular complexity index is 678. The molecular weight excluding hydrogens is 356 g/mol. The Labute approximate surface area is 166 Å². The van der Waals surface area contributed by atoms with Gasteiger partial charge < -0.3 is 20.7 Å². The van der Waals surface area contributed by atoms with Gasteiger partial charge in [-0.2, -0.15) is 5.26 Å². The van der Waals surface area contributed by atoms with Crippen LogP contribution in [0, 0.1) is 11.3 Å². The van der Waals surface area contributed by atoms with Gasteiger partial charge in [-0.3, -0.25) is 4.90 Å². The molecule has 0 aromatic carbocycles. The molecule has 152 valence electrons. The average molecular weight is 387 g/mol. The van der Waals surface area contributed by atoms with Crippen molar-refractivity contribution in [3.8, 4) is 6.07 Å². The van der Waals surface area contributed by atoms with Crippen molar-refractivity contribution in [2.75, 3.05) is 51.3 Å². The van der Waals surface area contributed by atoms with Gasteiger partial charge in [-0.15, -0.1) is 0 Å². The van der Waals surface area contributed by atoms with E-state index in [0.29, 0.717) is 31.0 Å². The van der Waals surface area contributed by atoms with Crippen LogP contribution in [-0.2, 0) is 4.74 Å². The van der Waals surface area contributed by atoms with Crippen molar-refractivity contribution in [3.63, 3.8) is 0 Å². The fourth-order valence-electron chi connectivity index (χ4n) is 4.15. The van der Waals surface area contributed by atoms with Gasteiger partial charge in [-0.05, 0) is 25.0 Å². The molecular formula is C20H30N6O2. The predicted octanol–water partition coefficient (Wildman–Crippen LogP) is 1.70. The molecule has 2 heterocycles. The highest BCUT2D eigenvalue weighted by atomic mass is 16.5. The number of pyridine rings is 1. The van der Waals surface area contributed by atoms with Crippen molar-refractivity contribution in [3.05, 3.63) is 23.9 Å². The summed E-state index contributed by atoms with van der Waals surface area (Å²) in [6, 6.07) is 5.39. The van der Waals surface area contributed by atoms with Crippen LogP contribution in [0.25, 0.3) is 0 Å². The minimum atomic E-state index is -0.151. The highest BCUT2D eigenvalue weighted by Crippen LogP contribution is 2.33. The summed E-state index contributed by atoms with van der Waals surface area (Å²) in [7, 11) is 0. The van der Waals surface area contributed by atoms with Crippen molar-refractivity contribution >= 4 is 11.8 Å². The first-order valence-corrected chi connectivity index (χ1v) is 10.2. The molecule has 1 aromatic heterocycles. The SMILES string of the molecule is N#Cc1cccnc1NCCNC(=O)NCC1(N2CCOCC2)CCCCC1. The average Bonchev–Trinajstić information content (AvgIpc) is 2.77. The minimum absolute atomic E-state index is 0.0628. The standard InChI is InChI=1S/C20H30N6O2/c21-15-17-5-4-8-22-18(17)23-9-10-24-19(27)25-16-20(6-2-1-3-7-20)26-11-13-28-14-12-26/h4-5,8H,1-3,6-7,9-14,16H2,(H,22,23)(H2,24,25,27). The molecule has 2 fully saturated rings. The highest BCUT2D eigenvalue weighted by Gasteiger charge is 2.38. The van der Waals surface area contributed by atoms with Crippen molar-refractivity contribution in [1.82, 2.24) is 20.5 Å². The molecule has 1 aliphatic heterocycles. The number of nitrogens with one attached hydrogen (secondary N) is 3. The predicted molar refractivity (Wildman–Crippen MR) is 107 cm³/mol. The maximum atomic E-state index is 12.3. The maximum absolute atomic E-state index is 12.3. The molecule has 8 nitrogen and oxygen atoms in total. The van der Waals surface area contributed by atoms with Crippen LogP contribution in [0.3, 0.4) is 0 Å². The van der Waals surface area contributed by atoms with E-state index in [-0.39, 0.29) is 11.6 Å². The van der Waals surface area contributed by atoms with E-state index in [1.54, 1.807) is 18.3 Å². The summed E-state index contributed by atoms with van der Waals surface area (Å²) >= 11 is 0. The summed E-state index contributed by atoms with van der Waals surface area (Å²) in [5, 5.41) is 18.1. The lowest BCUT2D eigenvalue weighted by atomic mass is 9.80. The second-order valence-corrected chi connectivity index (χ2v) is 7.43. The third-order valence-electron chi connectivity index (χ3n) is 5.68. The van der Waals surface area contributed by atoms with Crippen molar-refractivity contribution < 1.29 is 9.53 Å². The third-order valence-corrected chi connectivity index (χ3v) is 5.68. The molecule has 8 heteroatoms. The molecule has 0 spiro atoms. The molecule has 0 radical (unpaired) electrons. The van der Waals surface area contributed by atoms with Crippen molar-refractivity contribution in [2.24, 2.45) is 0 Å². The Morgan fingerprint density at radius 1 is 1.21 bits per heavy atom. The van der Waals surface area contributed by atoms with E-state index < -0.39 is 0 Å². The molecule has 1 saturated carbocycles. The minimum Gasteiger partial charge on any atom is -0.379 e. The number of rotatable bonds is 7. The summed E-state index contributed by atoms with van der Waals surface area (Å²) in [6.45, 7) is 5.07. The summed E-state index contributed by atoms with van der Waals surface area (Å²) < 4.78 is 5.51. The Balaban J connectivity index is 1.42. The zero-order chi connectivity index (χ0) is 19.7. The van der Waals surface area contributed by atoms with Crippen LogP contribution in [-0.4, -0.2) is 67.4 Å². The Kier molecular flexibility index (Phi) is 7.46. The number of amides is 2. The van der Waals surface area contributed by atoms with Crippen LogP contribution in [0.1, 0.15) is 37.7 Å². The lowest BCUT2D eigenvalue weighted by Crippen LogP contribution is -2.60. The lowest BCUT2D eigenvalue weighted by molar-refractivity contribution is -0.0357. The Morgan fingerprint density at radius 2 is 2.00 bits per heavy atom. The third kappa shape index (κ3) is 5.33. The number of urea groups is 1. The van der Waals surface area contributed by atoms with E-state index >= 15 is 0 Å². The fourth-order valence-corrected chi connectivity index (χ4v) is 4.15. The lowest BCUT2D eigenvalue weighted by Gasteiger charge is -2.48. The van der Waals surface area contributed by atoms with Gasteiger partial charge in [0.1, 0.15) is 11.9 Å². The first-order chi connectivity index (χ1) is 13.7. The van der Waals surface area contributed by atoms with E-state index in [0.717, 1.165) is 39.1 Å². The van der Waals surface area contributed by atoms with Crippen LogP contribution < -0.4 is 16.0 Å². The number of anilines is 1. The fraction of sp³-hybridized carbons (Fsp3) is 0.650. The van der Waals surface area contributed by atoms with Gasteiger partial charge >= 0.3 is 6.03 Å². The molecule has 0 bridgehead atoms. The summed E-state index contributed by atoms with van der Waals surface area (Å²) in [5.74, 6) is 0.542. The smallest absolute Gasteiger partial charge is 0.314 e. The zero-order valence-electron chi connectivity index (χ0n) is 16.4. The molecule has 1 aliphatic carbocycles. The second kappa shape index (κ2) is 10.2. The van der Waals surface area contributed by atoms with Gasteiger partial charge in [0, 0.05) is 44.5 Å². The van der Waals surface area contributed by atoms with E-state index in [9.17, 15) is 4.79 Å². The number of carbonyl (C=O) groups excluding carboxylic acids is 1. The van der Waals surface area contributed by atoms with Gasteiger partial charge in [0.05, 0.1) is 18.8 Å². The van der Waals surface area contributed by atoms with Crippen LogP contribution in [0.2, 0.25) is 0 Å². The van der Waals surface area contributed by atoms with Gasteiger partial charge in [-0.1, -0.05) is 19.3 Å². The van der Waals surface area contributed by atoms with Crippen LogP contribution in [0.15, 0.2) is 18.3 Å². The summed E-state index contributed by atoms with van der Waals surface area (Å²) in [4.78, 5) is 18.9. The number of hydrogen-bond donors (Lipinski definition) is 3. The number of hydrogen-bond acceptors (Lipinski definition) is 6. The molecule has 28 heavy (non-hydrogen) atoms. The molecule has 2 amide bonds. The van der Waals surface area contributed by atoms with Crippen LogP contribution >= 0.6 is 0 Å². The van der Waals surface area contributed by atoms with E-state index in [1.807, 2.05) is 0 Å². The first-order valence-electron chi connectivity index (χ1n) is 10.2. The Morgan fingerprint density at radius 3 is 2.75 bits per heavy atom. The van der Waals surface area contributed by atoms with Crippen LogP contribution in [0.4, 0.5) is 10.6 Å². The highest BCUT2D eigenvalue weighted by molar-refractivity contribution is 5.74. The summed E-state index contributed by atoms with van der Waals surface area (Å²) in [5.41, 5.74) is 0.560. The number of ether oxygens (including phenoxy) is 1. The molecule has 1 saturated heterocycles. The second-order valence-electron chi connectivity index (χ2n) is 7.43. The number of aromatic nitrogens is 1. The molecule has 2 aliphatic rings. The number of nitrogens with zero attached hydrogens (tertiary/aromatic N) is 3. The molecule has 1 aromatic rings. The molecule has 3 rings (SSSR count).